The Morgan fingerprint density at radius 2 is 1.94 bits per heavy atom. The van der Waals surface area contributed by atoms with Crippen molar-refractivity contribution in [2.45, 2.75) is 38.5 Å². The van der Waals surface area contributed by atoms with Gasteiger partial charge in [0.1, 0.15) is 0 Å². The predicted octanol–water partition coefficient (Wildman–Crippen LogP) is 1.29. The molecule has 0 spiro atoms. The van der Waals surface area contributed by atoms with Gasteiger partial charge in [-0.2, -0.15) is 0 Å². The maximum absolute atomic E-state index is 11.6. The molecular formula is C11H22N4O. The van der Waals surface area contributed by atoms with Crippen molar-refractivity contribution in [3.05, 3.63) is 0 Å². The molecular weight excluding hydrogens is 204 g/mol. The summed E-state index contributed by atoms with van der Waals surface area (Å²) in [6, 6.07) is 0.0579. The summed E-state index contributed by atoms with van der Waals surface area (Å²) in [4.78, 5) is 13.5. The number of urea groups is 1. The Bertz CT molecular complexity index is 236. The molecule has 0 aromatic rings. The standard InChI is InChI=1S/C11H22N4O/c12-10(13)6-2-3-7-14-11(16)15-8-4-1-5-9-15/h1-9H2,(H3,12,13)(H,14,16). The van der Waals surface area contributed by atoms with Crippen molar-refractivity contribution in [1.29, 1.82) is 5.41 Å². The number of hydrogen-bond acceptors (Lipinski definition) is 2. The van der Waals surface area contributed by atoms with Gasteiger partial charge in [0.05, 0.1) is 5.84 Å². The molecule has 1 heterocycles. The number of piperidine rings is 1. The fraction of sp³-hybridized carbons (Fsp3) is 0.818. The molecule has 92 valence electrons. The Morgan fingerprint density at radius 3 is 2.56 bits per heavy atom. The van der Waals surface area contributed by atoms with Gasteiger partial charge in [-0.15, -0.1) is 0 Å². The first-order chi connectivity index (χ1) is 7.70. The number of carbonyl (C=O) groups is 1. The number of carbonyl (C=O) groups excluding carboxylic acids is 1. The van der Waals surface area contributed by atoms with Gasteiger partial charge in [0.25, 0.3) is 0 Å². The third-order valence-corrected chi connectivity index (χ3v) is 2.79. The number of rotatable bonds is 5. The van der Waals surface area contributed by atoms with Crippen LogP contribution in [0.5, 0.6) is 0 Å². The predicted molar refractivity (Wildman–Crippen MR) is 64.6 cm³/mol. The highest BCUT2D eigenvalue weighted by atomic mass is 16.2. The number of amidine groups is 1. The molecule has 0 saturated carbocycles. The van der Waals surface area contributed by atoms with E-state index in [1.807, 2.05) is 4.90 Å². The van der Waals surface area contributed by atoms with E-state index >= 15 is 0 Å². The van der Waals surface area contributed by atoms with Crippen LogP contribution in [0.3, 0.4) is 0 Å². The second kappa shape index (κ2) is 7.09. The highest BCUT2D eigenvalue weighted by Crippen LogP contribution is 2.08. The summed E-state index contributed by atoms with van der Waals surface area (Å²) in [6.45, 7) is 2.46. The molecule has 5 nitrogen and oxygen atoms in total. The van der Waals surface area contributed by atoms with Gasteiger partial charge < -0.3 is 16.0 Å². The number of hydrogen-bond donors (Lipinski definition) is 3. The minimum atomic E-state index is 0.0579. The van der Waals surface area contributed by atoms with E-state index in [0.29, 0.717) is 13.0 Å². The van der Waals surface area contributed by atoms with Crippen LogP contribution in [0.4, 0.5) is 4.79 Å². The monoisotopic (exact) mass is 226 g/mol. The van der Waals surface area contributed by atoms with E-state index in [1.165, 1.54) is 6.42 Å². The summed E-state index contributed by atoms with van der Waals surface area (Å²) >= 11 is 0. The van der Waals surface area contributed by atoms with Crippen LogP contribution in [0.1, 0.15) is 38.5 Å². The molecule has 1 rings (SSSR count). The average Bonchev–Trinajstić information content (AvgIpc) is 2.29. The third-order valence-electron chi connectivity index (χ3n) is 2.79. The molecule has 0 aromatic heterocycles. The lowest BCUT2D eigenvalue weighted by Crippen LogP contribution is -2.43. The summed E-state index contributed by atoms with van der Waals surface area (Å²) < 4.78 is 0. The van der Waals surface area contributed by atoms with Gasteiger partial charge in [-0.3, -0.25) is 5.41 Å². The Hall–Kier alpha value is -1.26. The zero-order valence-electron chi connectivity index (χ0n) is 9.80. The fourth-order valence-corrected chi connectivity index (χ4v) is 1.84. The molecule has 0 aromatic carbocycles. The van der Waals surface area contributed by atoms with Crippen LogP contribution in [0.2, 0.25) is 0 Å². The van der Waals surface area contributed by atoms with Gasteiger partial charge in [0, 0.05) is 26.1 Å². The normalized spacial score (nSPS) is 15.9. The Kier molecular flexibility index (Phi) is 5.67. The number of nitrogens with one attached hydrogen (secondary N) is 2. The van der Waals surface area contributed by atoms with Crippen molar-refractivity contribution >= 4 is 11.9 Å². The quantitative estimate of drug-likeness (QED) is 0.375. The molecule has 0 unspecified atom stereocenters. The first-order valence-corrected chi connectivity index (χ1v) is 6.06. The number of amides is 2. The summed E-state index contributed by atoms with van der Waals surface area (Å²) in [7, 11) is 0. The van der Waals surface area contributed by atoms with Gasteiger partial charge in [0.2, 0.25) is 0 Å². The topological polar surface area (TPSA) is 82.2 Å². The van der Waals surface area contributed by atoms with E-state index in [-0.39, 0.29) is 11.9 Å². The minimum absolute atomic E-state index is 0.0579. The lowest BCUT2D eigenvalue weighted by Gasteiger charge is -2.26. The van der Waals surface area contributed by atoms with Crippen LogP contribution >= 0.6 is 0 Å². The van der Waals surface area contributed by atoms with E-state index in [4.69, 9.17) is 11.1 Å². The molecule has 16 heavy (non-hydrogen) atoms. The number of nitrogens with zero attached hydrogens (tertiary/aromatic N) is 1. The van der Waals surface area contributed by atoms with Crippen LogP contribution in [-0.4, -0.2) is 36.4 Å². The van der Waals surface area contributed by atoms with Gasteiger partial charge in [0.15, 0.2) is 0 Å². The number of unbranched alkanes of at least 4 members (excludes halogenated alkanes) is 1. The first kappa shape index (κ1) is 12.8. The highest BCUT2D eigenvalue weighted by molar-refractivity contribution is 5.76. The van der Waals surface area contributed by atoms with E-state index in [1.54, 1.807) is 0 Å². The summed E-state index contributed by atoms with van der Waals surface area (Å²) in [5.74, 6) is 0.224. The van der Waals surface area contributed by atoms with Crippen molar-refractivity contribution < 1.29 is 4.79 Å². The number of nitrogens with two attached hydrogens (primary N) is 1. The molecule has 2 amide bonds. The smallest absolute Gasteiger partial charge is 0.317 e. The van der Waals surface area contributed by atoms with E-state index in [0.717, 1.165) is 38.8 Å². The molecule has 1 aliphatic heterocycles. The molecule has 5 heteroatoms. The van der Waals surface area contributed by atoms with Crippen molar-refractivity contribution in [2.24, 2.45) is 5.73 Å². The summed E-state index contributed by atoms with van der Waals surface area (Å²) in [6.07, 6.45) is 5.87. The van der Waals surface area contributed by atoms with Crippen molar-refractivity contribution in [3.8, 4) is 0 Å². The van der Waals surface area contributed by atoms with Crippen LogP contribution in [-0.2, 0) is 0 Å². The molecule has 1 saturated heterocycles. The largest absolute Gasteiger partial charge is 0.388 e. The highest BCUT2D eigenvalue weighted by Gasteiger charge is 2.15. The van der Waals surface area contributed by atoms with Crippen molar-refractivity contribution in [1.82, 2.24) is 10.2 Å². The molecule has 0 atom stereocenters. The molecule has 1 fully saturated rings. The lowest BCUT2D eigenvalue weighted by molar-refractivity contribution is 0.186. The maximum Gasteiger partial charge on any atom is 0.317 e. The van der Waals surface area contributed by atoms with E-state index in [2.05, 4.69) is 5.32 Å². The summed E-state index contributed by atoms with van der Waals surface area (Å²) in [5, 5.41) is 9.96. The fourth-order valence-electron chi connectivity index (χ4n) is 1.84. The van der Waals surface area contributed by atoms with E-state index < -0.39 is 0 Å². The Labute approximate surface area is 96.9 Å². The molecule has 4 N–H and O–H groups in total. The third kappa shape index (κ3) is 5.00. The Balaban J connectivity index is 2.03. The van der Waals surface area contributed by atoms with Crippen molar-refractivity contribution in [2.75, 3.05) is 19.6 Å². The van der Waals surface area contributed by atoms with Crippen LogP contribution in [0, 0.1) is 5.41 Å². The molecule has 0 radical (unpaired) electrons. The maximum atomic E-state index is 11.6. The Morgan fingerprint density at radius 1 is 1.25 bits per heavy atom. The van der Waals surface area contributed by atoms with Gasteiger partial charge in [-0.05, 0) is 32.1 Å². The second-order valence-electron chi connectivity index (χ2n) is 4.26. The molecule has 0 aliphatic carbocycles. The SMILES string of the molecule is N=C(N)CCCCNC(=O)N1CCCCC1. The number of likely N-dealkylation sites (tertiary alicyclic amines) is 1. The van der Waals surface area contributed by atoms with E-state index in [9.17, 15) is 4.79 Å². The van der Waals surface area contributed by atoms with Gasteiger partial charge in [-0.25, -0.2) is 4.79 Å². The van der Waals surface area contributed by atoms with Crippen LogP contribution in [0.15, 0.2) is 0 Å². The van der Waals surface area contributed by atoms with Crippen molar-refractivity contribution in [3.63, 3.8) is 0 Å². The summed E-state index contributed by atoms with van der Waals surface area (Å²) in [5.41, 5.74) is 5.24. The molecule has 0 bridgehead atoms. The average molecular weight is 226 g/mol. The first-order valence-electron chi connectivity index (χ1n) is 6.06. The second-order valence-corrected chi connectivity index (χ2v) is 4.26. The lowest BCUT2D eigenvalue weighted by atomic mass is 10.1. The van der Waals surface area contributed by atoms with Gasteiger partial charge in [-0.1, -0.05) is 0 Å². The molecule has 1 aliphatic rings. The zero-order valence-corrected chi connectivity index (χ0v) is 9.80. The minimum Gasteiger partial charge on any atom is -0.388 e. The van der Waals surface area contributed by atoms with Gasteiger partial charge >= 0.3 is 6.03 Å². The van der Waals surface area contributed by atoms with Crippen LogP contribution < -0.4 is 11.1 Å². The zero-order chi connectivity index (χ0) is 11.8. The van der Waals surface area contributed by atoms with Crippen LogP contribution in [0.25, 0.3) is 0 Å².